The summed E-state index contributed by atoms with van der Waals surface area (Å²) in [6.45, 7) is 2.31. The van der Waals surface area contributed by atoms with Gasteiger partial charge in [-0.1, -0.05) is 6.92 Å². The van der Waals surface area contributed by atoms with E-state index < -0.39 is 10.8 Å². The molecule has 0 aromatic heterocycles. The Hall–Kier alpha value is -0.830. The SMILES string of the molecule is CC1CCC(Nc2ccc(S(C)=O)cc2)C1. The quantitative estimate of drug-likeness (QED) is 0.875. The second-order valence-electron chi connectivity index (χ2n) is 4.74. The lowest BCUT2D eigenvalue weighted by atomic mass is 10.1. The van der Waals surface area contributed by atoms with Crippen molar-refractivity contribution >= 4 is 16.5 Å². The van der Waals surface area contributed by atoms with E-state index in [1.807, 2.05) is 24.3 Å². The molecular formula is C13H19NOS. The van der Waals surface area contributed by atoms with Gasteiger partial charge in [-0.25, -0.2) is 0 Å². The van der Waals surface area contributed by atoms with Crippen LogP contribution in [0.15, 0.2) is 29.2 Å². The average molecular weight is 237 g/mol. The summed E-state index contributed by atoms with van der Waals surface area (Å²) in [5, 5.41) is 3.54. The standard InChI is InChI=1S/C13H19NOS/c1-10-3-4-12(9-10)14-11-5-7-13(8-6-11)16(2)15/h5-8,10,12,14H,3-4,9H2,1-2H3. The lowest BCUT2D eigenvalue weighted by Crippen LogP contribution is -2.15. The topological polar surface area (TPSA) is 29.1 Å². The Balaban J connectivity index is 1.97. The van der Waals surface area contributed by atoms with Crippen molar-refractivity contribution in [3.8, 4) is 0 Å². The summed E-state index contributed by atoms with van der Waals surface area (Å²) < 4.78 is 11.2. The smallest absolute Gasteiger partial charge is 0.0498 e. The zero-order chi connectivity index (χ0) is 11.5. The number of anilines is 1. The summed E-state index contributed by atoms with van der Waals surface area (Å²) in [7, 11) is -0.875. The first-order chi connectivity index (χ1) is 7.65. The van der Waals surface area contributed by atoms with E-state index in [-0.39, 0.29) is 0 Å². The largest absolute Gasteiger partial charge is 0.382 e. The van der Waals surface area contributed by atoms with Crippen molar-refractivity contribution in [2.45, 2.75) is 37.1 Å². The molecule has 1 aliphatic carbocycles. The van der Waals surface area contributed by atoms with Crippen molar-refractivity contribution in [3.63, 3.8) is 0 Å². The van der Waals surface area contributed by atoms with Gasteiger partial charge in [-0.2, -0.15) is 0 Å². The Bertz CT molecular complexity index is 374. The van der Waals surface area contributed by atoms with Crippen LogP contribution in [0.25, 0.3) is 0 Å². The molecule has 1 fully saturated rings. The molecule has 0 amide bonds. The molecular weight excluding hydrogens is 218 g/mol. The van der Waals surface area contributed by atoms with E-state index in [0.717, 1.165) is 16.5 Å². The van der Waals surface area contributed by atoms with Crippen LogP contribution in [-0.4, -0.2) is 16.5 Å². The van der Waals surface area contributed by atoms with Gasteiger partial charge in [0.2, 0.25) is 0 Å². The molecule has 1 aromatic rings. The molecule has 2 nitrogen and oxygen atoms in total. The van der Waals surface area contributed by atoms with Crippen LogP contribution >= 0.6 is 0 Å². The fraction of sp³-hybridized carbons (Fsp3) is 0.538. The van der Waals surface area contributed by atoms with Gasteiger partial charge < -0.3 is 5.32 Å². The fourth-order valence-corrected chi connectivity index (χ4v) is 2.84. The monoisotopic (exact) mass is 237 g/mol. The van der Waals surface area contributed by atoms with Gasteiger partial charge in [0.25, 0.3) is 0 Å². The number of benzene rings is 1. The lowest BCUT2D eigenvalue weighted by molar-refractivity contribution is 0.602. The lowest BCUT2D eigenvalue weighted by Gasteiger charge is -2.14. The number of nitrogens with one attached hydrogen (secondary N) is 1. The van der Waals surface area contributed by atoms with Crippen molar-refractivity contribution in [2.75, 3.05) is 11.6 Å². The number of hydrogen-bond acceptors (Lipinski definition) is 2. The van der Waals surface area contributed by atoms with Gasteiger partial charge in [0.1, 0.15) is 0 Å². The summed E-state index contributed by atoms with van der Waals surface area (Å²) in [5.74, 6) is 0.847. The Morgan fingerprint density at radius 2 is 1.94 bits per heavy atom. The maximum atomic E-state index is 11.2. The average Bonchev–Trinajstić information content (AvgIpc) is 2.65. The van der Waals surface area contributed by atoms with E-state index in [1.54, 1.807) is 6.26 Å². The van der Waals surface area contributed by atoms with Crippen LogP contribution in [0.4, 0.5) is 5.69 Å². The van der Waals surface area contributed by atoms with Crippen molar-refractivity contribution in [1.29, 1.82) is 0 Å². The highest BCUT2D eigenvalue weighted by molar-refractivity contribution is 7.84. The van der Waals surface area contributed by atoms with Crippen molar-refractivity contribution in [3.05, 3.63) is 24.3 Å². The molecule has 0 spiro atoms. The normalized spacial score (nSPS) is 26.6. The summed E-state index contributed by atoms with van der Waals surface area (Å²) in [6, 6.07) is 8.56. The highest BCUT2D eigenvalue weighted by Gasteiger charge is 2.20. The Labute approximate surface area is 99.9 Å². The van der Waals surface area contributed by atoms with Gasteiger partial charge in [0.05, 0.1) is 0 Å². The second-order valence-corrected chi connectivity index (χ2v) is 6.12. The third-order valence-electron chi connectivity index (χ3n) is 3.25. The summed E-state index contributed by atoms with van der Waals surface area (Å²) in [4.78, 5) is 0.894. The Kier molecular flexibility index (Phi) is 3.64. The van der Waals surface area contributed by atoms with E-state index in [4.69, 9.17) is 0 Å². The molecule has 2 rings (SSSR count). The summed E-state index contributed by atoms with van der Waals surface area (Å²) >= 11 is 0. The molecule has 3 heteroatoms. The van der Waals surface area contributed by atoms with Crippen molar-refractivity contribution in [2.24, 2.45) is 5.92 Å². The minimum atomic E-state index is -0.875. The zero-order valence-corrected chi connectivity index (χ0v) is 10.7. The first-order valence-electron chi connectivity index (χ1n) is 5.85. The van der Waals surface area contributed by atoms with Crippen molar-refractivity contribution in [1.82, 2.24) is 0 Å². The Morgan fingerprint density at radius 3 is 2.44 bits per heavy atom. The van der Waals surface area contributed by atoms with E-state index in [0.29, 0.717) is 6.04 Å². The zero-order valence-electron chi connectivity index (χ0n) is 9.90. The molecule has 0 aliphatic heterocycles. The van der Waals surface area contributed by atoms with Gasteiger partial charge in [-0.3, -0.25) is 4.21 Å². The molecule has 0 heterocycles. The molecule has 3 unspecified atom stereocenters. The van der Waals surface area contributed by atoms with Gasteiger partial charge in [-0.15, -0.1) is 0 Å². The van der Waals surface area contributed by atoms with Gasteiger partial charge in [0, 0.05) is 33.7 Å². The van der Waals surface area contributed by atoms with Crippen LogP contribution in [0.3, 0.4) is 0 Å². The van der Waals surface area contributed by atoms with Gasteiger partial charge >= 0.3 is 0 Å². The maximum Gasteiger partial charge on any atom is 0.0498 e. The van der Waals surface area contributed by atoms with Crippen LogP contribution < -0.4 is 5.32 Å². The van der Waals surface area contributed by atoms with Gasteiger partial charge in [-0.05, 0) is 49.4 Å². The molecule has 0 saturated heterocycles. The van der Waals surface area contributed by atoms with Crippen LogP contribution in [0.2, 0.25) is 0 Å². The fourth-order valence-electron chi connectivity index (χ4n) is 2.32. The Morgan fingerprint density at radius 1 is 1.25 bits per heavy atom. The first-order valence-corrected chi connectivity index (χ1v) is 7.41. The third-order valence-corrected chi connectivity index (χ3v) is 4.19. The van der Waals surface area contributed by atoms with Crippen molar-refractivity contribution < 1.29 is 4.21 Å². The van der Waals surface area contributed by atoms with Gasteiger partial charge in [0.15, 0.2) is 0 Å². The van der Waals surface area contributed by atoms with E-state index in [9.17, 15) is 4.21 Å². The van der Waals surface area contributed by atoms with E-state index in [2.05, 4.69) is 12.2 Å². The van der Waals surface area contributed by atoms with Crippen LogP contribution in [0, 0.1) is 5.92 Å². The molecule has 3 atom stereocenters. The molecule has 1 N–H and O–H groups in total. The maximum absolute atomic E-state index is 11.2. The van der Waals surface area contributed by atoms with Crippen LogP contribution in [-0.2, 0) is 10.8 Å². The van der Waals surface area contributed by atoms with Crippen LogP contribution in [0.5, 0.6) is 0 Å². The molecule has 1 aliphatic rings. The predicted molar refractivity (Wildman–Crippen MR) is 69.2 cm³/mol. The molecule has 0 bridgehead atoms. The molecule has 0 radical (unpaired) electrons. The highest BCUT2D eigenvalue weighted by atomic mass is 32.2. The van der Waals surface area contributed by atoms with E-state index >= 15 is 0 Å². The van der Waals surface area contributed by atoms with E-state index in [1.165, 1.54) is 19.3 Å². The van der Waals surface area contributed by atoms with Crippen LogP contribution in [0.1, 0.15) is 26.2 Å². The number of hydrogen-bond donors (Lipinski definition) is 1. The molecule has 16 heavy (non-hydrogen) atoms. The molecule has 88 valence electrons. The second kappa shape index (κ2) is 5.00. The minimum Gasteiger partial charge on any atom is -0.382 e. The first kappa shape index (κ1) is 11.6. The molecule has 1 aromatic carbocycles. The summed E-state index contributed by atoms with van der Waals surface area (Å²) in [5.41, 5.74) is 1.15. The molecule has 1 saturated carbocycles. The predicted octanol–water partition coefficient (Wildman–Crippen LogP) is 3.02. The third kappa shape index (κ3) is 2.85. The highest BCUT2D eigenvalue weighted by Crippen LogP contribution is 2.27. The number of rotatable bonds is 3. The minimum absolute atomic E-state index is 0.618. The summed E-state index contributed by atoms with van der Waals surface area (Å²) in [6.07, 6.45) is 5.57.